The smallest absolute Gasteiger partial charge is 0.358 e. The van der Waals surface area contributed by atoms with Crippen LogP contribution in [0.15, 0.2) is 18.3 Å². The molecule has 6 heteroatoms. The maximum atomic E-state index is 12.2. The first-order chi connectivity index (χ1) is 9.38. The topological polar surface area (TPSA) is 85.1 Å². The Bertz CT molecular complexity index is 689. The van der Waals surface area contributed by atoms with Crippen LogP contribution in [-0.2, 0) is 6.54 Å². The number of carbonyl (C=O) groups excluding carboxylic acids is 1. The average Bonchev–Trinajstić information content (AvgIpc) is 2.82. The van der Waals surface area contributed by atoms with Crippen LogP contribution in [0.1, 0.15) is 37.5 Å². The molecule has 0 saturated carbocycles. The molecule has 104 valence electrons. The summed E-state index contributed by atoms with van der Waals surface area (Å²) in [4.78, 5) is 22.9. The molecule has 0 amide bonds. The number of carboxylic acid groups (broad SMARTS) is 1. The van der Waals surface area contributed by atoms with Crippen molar-refractivity contribution in [2.45, 2.75) is 27.3 Å². The van der Waals surface area contributed by atoms with Crippen molar-refractivity contribution >= 4 is 11.8 Å². The van der Waals surface area contributed by atoms with Gasteiger partial charge in [-0.05, 0) is 43.5 Å². The van der Waals surface area contributed by atoms with Crippen molar-refractivity contribution in [1.29, 1.82) is 0 Å². The molecule has 0 saturated heterocycles. The van der Waals surface area contributed by atoms with Crippen molar-refractivity contribution in [3.8, 4) is 0 Å². The standard InChI is InChI=1S/C14H15N3O3/c1-8-4-10(3)11(5-9(8)2)13(18)7-17-6-12(14(19)20)15-16-17/h4-6H,7H2,1-3H3,(H,19,20). The molecule has 2 aromatic rings. The molecule has 0 bridgehead atoms. The molecule has 0 unspecified atom stereocenters. The number of hydrogen-bond donors (Lipinski definition) is 1. The van der Waals surface area contributed by atoms with Gasteiger partial charge in [0.2, 0.25) is 0 Å². The number of Topliss-reactive ketones (excluding diaryl/α,β-unsaturated/α-hetero) is 1. The number of hydrogen-bond acceptors (Lipinski definition) is 4. The molecule has 6 nitrogen and oxygen atoms in total. The predicted molar refractivity (Wildman–Crippen MR) is 72.0 cm³/mol. The zero-order valence-electron chi connectivity index (χ0n) is 11.5. The number of carbonyl (C=O) groups is 2. The Morgan fingerprint density at radius 2 is 1.80 bits per heavy atom. The van der Waals surface area contributed by atoms with Gasteiger partial charge in [-0.3, -0.25) is 4.79 Å². The molecule has 1 heterocycles. The van der Waals surface area contributed by atoms with E-state index >= 15 is 0 Å². The minimum Gasteiger partial charge on any atom is -0.476 e. The van der Waals surface area contributed by atoms with Crippen LogP contribution in [0.3, 0.4) is 0 Å². The fourth-order valence-electron chi connectivity index (χ4n) is 1.97. The van der Waals surface area contributed by atoms with Crippen molar-refractivity contribution < 1.29 is 14.7 Å². The first-order valence-electron chi connectivity index (χ1n) is 6.13. The summed E-state index contributed by atoms with van der Waals surface area (Å²) < 4.78 is 1.24. The molecule has 20 heavy (non-hydrogen) atoms. The molecule has 0 spiro atoms. The van der Waals surface area contributed by atoms with Gasteiger partial charge >= 0.3 is 5.97 Å². The third-order valence-corrected chi connectivity index (χ3v) is 3.20. The van der Waals surface area contributed by atoms with Crippen LogP contribution >= 0.6 is 0 Å². The monoisotopic (exact) mass is 273 g/mol. The quantitative estimate of drug-likeness (QED) is 0.858. The highest BCUT2D eigenvalue weighted by Crippen LogP contribution is 2.16. The van der Waals surface area contributed by atoms with Gasteiger partial charge in [0.15, 0.2) is 11.5 Å². The molecule has 0 fully saturated rings. The van der Waals surface area contributed by atoms with Crippen molar-refractivity contribution in [3.63, 3.8) is 0 Å². The van der Waals surface area contributed by atoms with Gasteiger partial charge in [0.25, 0.3) is 0 Å². The Balaban J connectivity index is 2.23. The normalized spacial score (nSPS) is 10.6. The summed E-state index contributed by atoms with van der Waals surface area (Å²) in [7, 11) is 0. The molecular weight excluding hydrogens is 258 g/mol. The number of ketones is 1. The summed E-state index contributed by atoms with van der Waals surface area (Å²) in [5.41, 5.74) is 3.53. The summed E-state index contributed by atoms with van der Waals surface area (Å²) in [6.45, 7) is 5.80. The fraction of sp³-hybridized carbons (Fsp3) is 0.286. The Morgan fingerprint density at radius 3 is 2.40 bits per heavy atom. The van der Waals surface area contributed by atoms with Crippen LogP contribution < -0.4 is 0 Å². The second-order valence-corrected chi connectivity index (χ2v) is 4.78. The number of aromatic nitrogens is 3. The Kier molecular flexibility index (Phi) is 3.65. The number of carboxylic acids is 1. The van der Waals surface area contributed by atoms with Crippen molar-refractivity contribution in [2.75, 3.05) is 0 Å². The first kappa shape index (κ1) is 13.9. The van der Waals surface area contributed by atoms with Crippen LogP contribution in [0.4, 0.5) is 0 Å². The summed E-state index contributed by atoms with van der Waals surface area (Å²) in [6, 6.07) is 3.81. The number of benzene rings is 1. The lowest BCUT2D eigenvalue weighted by molar-refractivity contribution is 0.0690. The highest BCUT2D eigenvalue weighted by atomic mass is 16.4. The third kappa shape index (κ3) is 2.74. The lowest BCUT2D eigenvalue weighted by Gasteiger charge is -2.08. The minimum atomic E-state index is -1.16. The number of aromatic carboxylic acids is 1. The van der Waals surface area contributed by atoms with E-state index in [0.717, 1.165) is 16.7 Å². The van der Waals surface area contributed by atoms with E-state index < -0.39 is 5.97 Å². The Morgan fingerprint density at radius 1 is 1.15 bits per heavy atom. The number of nitrogens with zero attached hydrogens (tertiary/aromatic N) is 3. The van der Waals surface area contributed by atoms with Gasteiger partial charge < -0.3 is 5.11 Å². The lowest BCUT2D eigenvalue weighted by atomic mass is 9.98. The SMILES string of the molecule is Cc1cc(C)c(C(=O)Cn2cc(C(=O)O)nn2)cc1C. The summed E-state index contributed by atoms with van der Waals surface area (Å²) in [5.74, 6) is -1.28. The van der Waals surface area contributed by atoms with Gasteiger partial charge in [-0.15, -0.1) is 5.10 Å². The van der Waals surface area contributed by atoms with Crippen LogP contribution in [0.25, 0.3) is 0 Å². The molecule has 2 rings (SSSR count). The van der Waals surface area contributed by atoms with E-state index in [1.165, 1.54) is 10.9 Å². The van der Waals surface area contributed by atoms with Crippen LogP contribution in [-0.4, -0.2) is 31.9 Å². The van der Waals surface area contributed by atoms with Crippen molar-refractivity contribution in [3.05, 3.63) is 46.3 Å². The van der Waals surface area contributed by atoms with Crippen molar-refractivity contribution in [1.82, 2.24) is 15.0 Å². The van der Waals surface area contributed by atoms with E-state index in [-0.39, 0.29) is 18.0 Å². The van der Waals surface area contributed by atoms with Gasteiger partial charge in [0.1, 0.15) is 6.54 Å². The Hall–Kier alpha value is -2.50. The summed E-state index contributed by atoms with van der Waals surface area (Å²) in [5, 5.41) is 15.9. The third-order valence-electron chi connectivity index (χ3n) is 3.20. The lowest BCUT2D eigenvalue weighted by Crippen LogP contribution is -2.13. The van der Waals surface area contributed by atoms with Crippen molar-refractivity contribution in [2.24, 2.45) is 0 Å². The highest BCUT2D eigenvalue weighted by molar-refractivity contribution is 5.97. The van der Waals surface area contributed by atoms with E-state index in [0.29, 0.717) is 5.56 Å². The molecule has 1 aromatic heterocycles. The maximum absolute atomic E-state index is 12.2. The molecule has 0 aliphatic carbocycles. The molecule has 0 radical (unpaired) electrons. The first-order valence-corrected chi connectivity index (χ1v) is 6.13. The van der Waals surface area contributed by atoms with Gasteiger partial charge in [0.05, 0.1) is 6.20 Å². The molecule has 0 atom stereocenters. The molecule has 0 aliphatic heterocycles. The van der Waals surface area contributed by atoms with Gasteiger partial charge in [-0.25, -0.2) is 9.48 Å². The van der Waals surface area contributed by atoms with Crippen LogP contribution in [0, 0.1) is 20.8 Å². The van der Waals surface area contributed by atoms with E-state index in [1.807, 2.05) is 32.9 Å². The fourth-order valence-corrected chi connectivity index (χ4v) is 1.97. The zero-order valence-corrected chi connectivity index (χ0v) is 11.5. The highest BCUT2D eigenvalue weighted by Gasteiger charge is 2.14. The van der Waals surface area contributed by atoms with Gasteiger partial charge in [0, 0.05) is 5.56 Å². The Labute approximate surface area is 116 Å². The van der Waals surface area contributed by atoms with Crippen LogP contribution in [0.2, 0.25) is 0 Å². The van der Waals surface area contributed by atoms with Gasteiger partial charge in [-0.2, -0.15) is 0 Å². The summed E-state index contributed by atoms with van der Waals surface area (Å²) >= 11 is 0. The summed E-state index contributed by atoms with van der Waals surface area (Å²) in [6.07, 6.45) is 1.25. The van der Waals surface area contributed by atoms with E-state index in [1.54, 1.807) is 0 Å². The largest absolute Gasteiger partial charge is 0.476 e. The second-order valence-electron chi connectivity index (χ2n) is 4.78. The molecule has 1 N–H and O–H groups in total. The minimum absolute atomic E-state index is 0.0242. The maximum Gasteiger partial charge on any atom is 0.358 e. The van der Waals surface area contributed by atoms with Crippen LogP contribution in [0.5, 0.6) is 0 Å². The average molecular weight is 273 g/mol. The number of rotatable bonds is 4. The van der Waals surface area contributed by atoms with Gasteiger partial charge in [-0.1, -0.05) is 11.3 Å². The van der Waals surface area contributed by atoms with E-state index in [2.05, 4.69) is 10.3 Å². The predicted octanol–water partition coefficient (Wildman–Crippen LogP) is 1.78. The zero-order chi connectivity index (χ0) is 14.9. The second kappa shape index (κ2) is 5.24. The van der Waals surface area contributed by atoms with E-state index in [9.17, 15) is 9.59 Å². The molecule has 1 aromatic carbocycles. The molecular formula is C14H15N3O3. The van der Waals surface area contributed by atoms with E-state index in [4.69, 9.17) is 5.11 Å². The molecule has 0 aliphatic rings. The number of aryl methyl sites for hydroxylation is 3.